The summed E-state index contributed by atoms with van der Waals surface area (Å²) in [5, 5.41) is 43.2. The Morgan fingerprint density at radius 1 is 0.741 bits per heavy atom. The summed E-state index contributed by atoms with van der Waals surface area (Å²) in [5.74, 6) is -2.56. The Bertz CT molecular complexity index is 985. The van der Waals surface area contributed by atoms with E-state index in [-0.39, 0.29) is 45.5 Å². The number of hydrazone groups is 1. The lowest BCUT2D eigenvalue weighted by molar-refractivity contribution is 0.449. The molecule has 0 heterocycles. The number of anilines is 1. The van der Waals surface area contributed by atoms with Crippen molar-refractivity contribution in [2.45, 2.75) is 0 Å². The molecular weight excluding hydrogens is 358 g/mol. The van der Waals surface area contributed by atoms with Crippen molar-refractivity contribution in [2.75, 3.05) is 5.43 Å². The monoisotopic (exact) mass is 372 g/mol. The van der Waals surface area contributed by atoms with Crippen LogP contribution in [-0.2, 0) is 0 Å². The highest BCUT2D eigenvalue weighted by Gasteiger charge is 2.17. The van der Waals surface area contributed by atoms with E-state index in [1.54, 1.807) is 0 Å². The van der Waals surface area contributed by atoms with Gasteiger partial charge in [0.2, 0.25) is 0 Å². The number of hydrogen-bond acceptors (Lipinski definition) is 6. The first-order valence-electron chi connectivity index (χ1n) is 7.68. The summed E-state index contributed by atoms with van der Waals surface area (Å²) in [6.45, 7) is 0. The molecule has 3 aromatic carbocycles. The van der Waals surface area contributed by atoms with E-state index in [1.807, 2.05) is 0 Å². The fourth-order valence-corrected chi connectivity index (χ4v) is 2.41. The van der Waals surface area contributed by atoms with Gasteiger partial charge in [0.05, 0.1) is 5.69 Å². The van der Waals surface area contributed by atoms with E-state index in [9.17, 15) is 29.2 Å². The number of hydrogen-bond donors (Lipinski definition) is 5. The van der Waals surface area contributed by atoms with Gasteiger partial charge in [0, 0.05) is 29.3 Å². The van der Waals surface area contributed by atoms with Crippen molar-refractivity contribution in [1.29, 1.82) is 0 Å². The Labute approximate surface area is 152 Å². The molecule has 0 aromatic heterocycles. The fourth-order valence-electron chi connectivity index (χ4n) is 2.41. The molecule has 0 spiro atoms. The molecule has 3 aromatic rings. The zero-order valence-electron chi connectivity index (χ0n) is 13.7. The molecule has 27 heavy (non-hydrogen) atoms. The standard InChI is InChI=1S/C19H14F2N2O4/c20-10-1-6-15(21)16(7-10)22-23-19(13-4-2-11(24)8-17(13)26)14-5-3-12(25)9-18(14)27/h1-9,22,24-27H. The molecule has 0 bridgehead atoms. The minimum absolute atomic E-state index is 0.0336. The summed E-state index contributed by atoms with van der Waals surface area (Å²) in [7, 11) is 0. The summed E-state index contributed by atoms with van der Waals surface area (Å²) >= 11 is 0. The zero-order valence-corrected chi connectivity index (χ0v) is 13.7. The van der Waals surface area contributed by atoms with Crippen LogP contribution in [0.5, 0.6) is 23.0 Å². The molecule has 0 fully saturated rings. The molecule has 3 rings (SSSR count). The second-order valence-electron chi connectivity index (χ2n) is 5.60. The molecule has 6 nitrogen and oxygen atoms in total. The van der Waals surface area contributed by atoms with Gasteiger partial charge in [-0.25, -0.2) is 8.78 Å². The lowest BCUT2D eigenvalue weighted by Crippen LogP contribution is -2.08. The molecule has 0 radical (unpaired) electrons. The molecule has 8 heteroatoms. The number of benzene rings is 3. The van der Waals surface area contributed by atoms with Crippen LogP contribution in [0.15, 0.2) is 59.7 Å². The van der Waals surface area contributed by atoms with Crippen molar-refractivity contribution in [1.82, 2.24) is 0 Å². The maximum absolute atomic E-state index is 13.8. The van der Waals surface area contributed by atoms with E-state index in [0.29, 0.717) is 0 Å². The average Bonchev–Trinajstić information content (AvgIpc) is 2.60. The third-order valence-electron chi connectivity index (χ3n) is 3.69. The summed E-state index contributed by atoms with van der Waals surface area (Å²) in [5.41, 5.74) is 2.26. The second-order valence-corrected chi connectivity index (χ2v) is 5.60. The number of rotatable bonds is 4. The molecule has 0 aliphatic carbocycles. The van der Waals surface area contributed by atoms with Gasteiger partial charge in [0.1, 0.15) is 40.3 Å². The number of nitrogens with one attached hydrogen (secondary N) is 1. The third-order valence-corrected chi connectivity index (χ3v) is 3.69. The Balaban J connectivity index is 2.13. The van der Waals surface area contributed by atoms with Gasteiger partial charge in [-0.2, -0.15) is 5.10 Å². The second kappa shape index (κ2) is 7.20. The van der Waals surface area contributed by atoms with Crippen LogP contribution in [0.3, 0.4) is 0 Å². The van der Waals surface area contributed by atoms with E-state index in [1.165, 1.54) is 24.3 Å². The van der Waals surface area contributed by atoms with Gasteiger partial charge >= 0.3 is 0 Å². The van der Waals surface area contributed by atoms with Crippen LogP contribution in [-0.4, -0.2) is 26.1 Å². The summed E-state index contributed by atoms with van der Waals surface area (Å²) in [6, 6.07) is 10.1. The number of nitrogens with zero attached hydrogens (tertiary/aromatic N) is 1. The molecule has 0 saturated heterocycles. The first kappa shape index (κ1) is 18.0. The van der Waals surface area contributed by atoms with Crippen molar-refractivity contribution in [2.24, 2.45) is 5.10 Å². The maximum Gasteiger partial charge on any atom is 0.148 e. The average molecular weight is 372 g/mol. The highest BCUT2D eigenvalue weighted by molar-refractivity contribution is 6.16. The Morgan fingerprint density at radius 3 is 1.81 bits per heavy atom. The maximum atomic E-state index is 13.8. The van der Waals surface area contributed by atoms with E-state index < -0.39 is 11.6 Å². The molecule has 0 unspecified atom stereocenters. The van der Waals surface area contributed by atoms with E-state index in [2.05, 4.69) is 10.5 Å². The van der Waals surface area contributed by atoms with Crippen LogP contribution >= 0.6 is 0 Å². The van der Waals surface area contributed by atoms with E-state index in [0.717, 1.165) is 30.3 Å². The van der Waals surface area contributed by atoms with Gasteiger partial charge in [0.15, 0.2) is 0 Å². The van der Waals surface area contributed by atoms with Crippen molar-refractivity contribution in [3.05, 3.63) is 77.4 Å². The molecule has 0 aliphatic rings. The molecule has 5 N–H and O–H groups in total. The van der Waals surface area contributed by atoms with Crippen LogP contribution in [0.25, 0.3) is 0 Å². The number of phenolic OH excluding ortho intramolecular Hbond substituents is 4. The number of phenols is 4. The van der Waals surface area contributed by atoms with Gasteiger partial charge < -0.3 is 20.4 Å². The molecular formula is C19H14F2N2O4. The summed E-state index contributed by atoms with van der Waals surface area (Å²) < 4.78 is 27.2. The highest BCUT2D eigenvalue weighted by atomic mass is 19.1. The molecule has 0 amide bonds. The third kappa shape index (κ3) is 3.90. The molecule has 138 valence electrons. The van der Waals surface area contributed by atoms with Crippen molar-refractivity contribution >= 4 is 11.4 Å². The SMILES string of the molecule is Oc1ccc(C(=NNc2cc(F)ccc2F)c2ccc(O)cc2O)c(O)c1. The van der Waals surface area contributed by atoms with Crippen LogP contribution in [0.4, 0.5) is 14.5 Å². The van der Waals surface area contributed by atoms with Gasteiger partial charge in [0.25, 0.3) is 0 Å². The van der Waals surface area contributed by atoms with Crippen LogP contribution < -0.4 is 5.43 Å². The van der Waals surface area contributed by atoms with Crippen LogP contribution in [0.1, 0.15) is 11.1 Å². The summed E-state index contributed by atoms with van der Waals surface area (Å²) in [6.07, 6.45) is 0. The normalized spacial score (nSPS) is 10.4. The first-order valence-corrected chi connectivity index (χ1v) is 7.68. The molecule has 0 aliphatic heterocycles. The van der Waals surface area contributed by atoms with Gasteiger partial charge in [-0.15, -0.1) is 0 Å². The lowest BCUT2D eigenvalue weighted by Gasteiger charge is -2.12. The minimum Gasteiger partial charge on any atom is -0.508 e. The van der Waals surface area contributed by atoms with Crippen molar-refractivity contribution in [3.8, 4) is 23.0 Å². The predicted molar refractivity (Wildman–Crippen MR) is 95.2 cm³/mol. The van der Waals surface area contributed by atoms with Crippen LogP contribution in [0.2, 0.25) is 0 Å². The minimum atomic E-state index is -0.760. The predicted octanol–water partition coefficient (Wildman–Crippen LogP) is 3.65. The number of aromatic hydroxyl groups is 4. The van der Waals surface area contributed by atoms with Crippen molar-refractivity contribution < 1.29 is 29.2 Å². The fraction of sp³-hybridized carbons (Fsp3) is 0. The topological polar surface area (TPSA) is 105 Å². The van der Waals surface area contributed by atoms with Gasteiger partial charge in [-0.05, 0) is 36.4 Å². The Kier molecular flexibility index (Phi) is 4.80. The van der Waals surface area contributed by atoms with Crippen molar-refractivity contribution in [3.63, 3.8) is 0 Å². The Hall–Kier alpha value is -3.81. The van der Waals surface area contributed by atoms with Crippen LogP contribution in [0, 0.1) is 11.6 Å². The van der Waals surface area contributed by atoms with Gasteiger partial charge in [-0.1, -0.05) is 0 Å². The largest absolute Gasteiger partial charge is 0.508 e. The van der Waals surface area contributed by atoms with Gasteiger partial charge in [-0.3, -0.25) is 5.43 Å². The quantitative estimate of drug-likeness (QED) is 0.355. The Morgan fingerprint density at radius 2 is 1.30 bits per heavy atom. The molecule has 0 saturated carbocycles. The highest BCUT2D eigenvalue weighted by Crippen LogP contribution is 2.30. The van der Waals surface area contributed by atoms with E-state index in [4.69, 9.17) is 0 Å². The lowest BCUT2D eigenvalue weighted by atomic mass is 10.00. The first-order chi connectivity index (χ1) is 12.8. The molecule has 0 atom stereocenters. The summed E-state index contributed by atoms with van der Waals surface area (Å²) in [4.78, 5) is 0. The zero-order chi connectivity index (χ0) is 19.6. The smallest absolute Gasteiger partial charge is 0.148 e. The van der Waals surface area contributed by atoms with E-state index >= 15 is 0 Å². The number of halogens is 2.